The number of thiophene rings is 1. The second-order valence-electron chi connectivity index (χ2n) is 11.6. The van der Waals surface area contributed by atoms with Gasteiger partial charge in [0.2, 0.25) is 0 Å². The third-order valence-electron chi connectivity index (χ3n) is 8.52. The minimum atomic E-state index is -0.266. The van der Waals surface area contributed by atoms with Gasteiger partial charge in [0.1, 0.15) is 12.4 Å². The summed E-state index contributed by atoms with van der Waals surface area (Å²) in [6.07, 6.45) is 10.9. The van der Waals surface area contributed by atoms with Crippen molar-refractivity contribution in [1.82, 2.24) is 24.8 Å². The lowest BCUT2D eigenvalue weighted by molar-refractivity contribution is -0.122. The number of nitrogens with zero attached hydrogens (tertiary/aromatic N) is 4. The van der Waals surface area contributed by atoms with Gasteiger partial charge >= 0.3 is 6.09 Å². The van der Waals surface area contributed by atoms with Crippen molar-refractivity contribution >= 4 is 56.5 Å². The number of fused-ring (bicyclic) bond motifs is 2. The van der Waals surface area contributed by atoms with Crippen molar-refractivity contribution < 1.29 is 24.2 Å². The zero-order chi connectivity index (χ0) is 31.0. The summed E-state index contributed by atoms with van der Waals surface area (Å²) < 4.78 is 14.4. The number of carbonyl (C=O) groups is 2. The van der Waals surface area contributed by atoms with E-state index in [1.807, 2.05) is 6.07 Å². The highest BCUT2D eigenvalue weighted by Gasteiger charge is 2.28. The van der Waals surface area contributed by atoms with Crippen molar-refractivity contribution in [3.63, 3.8) is 0 Å². The van der Waals surface area contributed by atoms with Crippen LogP contribution in [-0.4, -0.2) is 82.1 Å². The van der Waals surface area contributed by atoms with Crippen molar-refractivity contribution in [1.29, 1.82) is 0 Å². The standard InChI is InChI=1S/C32H36N6O3S.CH2O2/c39-32(37-12-14-40-15-13-37)41-26-17-24(33-19-26)6-8-27-18-28-30(42-27)31(35-21-34-28)36-25-7-9-29-23(16-25)10-11-38(29)20-22-4-2-1-3-5-22;2-1-3/h7,9-11,16,18,21-22,24,26,33H,1-5,12-15,17,19-20H2,(H,34,35,36);1H,(H,2,3)/t24-,26-;/m1./s1. The van der Waals surface area contributed by atoms with Crippen LogP contribution in [0.1, 0.15) is 43.4 Å². The van der Waals surface area contributed by atoms with E-state index in [0.717, 1.165) is 39.1 Å². The van der Waals surface area contributed by atoms with E-state index in [-0.39, 0.29) is 24.7 Å². The van der Waals surface area contributed by atoms with Gasteiger partial charge in [-0.1, -0.05) is 31.1 Å². The number of hydrogen-bond acceptors (Lipinski definition) is 9. The highest BCUT2D eigenvalue weighted by atomic mass is 32.1. The summed E-state index contributed by atoms with van der Waals surface area (Å²) in [5.74, 6) is 8.20. The van der Waals surface area contributed by atoms with E-state index in [2.05, 4.69) is 67.5 Å². The molecule has 7 rings (SSSR count). The van der Waals surface area contributed by atoms with Crippen molar-refractivity contribution in [3.8, 4) is 11.8 Å². The Hall–Kier alpha value is -4.18. The minimum Gasteiger partial charge on any atom is -0.483 e. The minimum absolute atomic E-state index is 0.0291. The number of ether oxygens (including phenoxy) is 2. The number of aromatic nitrogens is 3. The van der Waals surface area contributed by atoms with E-state index in [9.17, 15) is 4.79 Å². The van der Waals surface area contributed by atoms with Gasteiger partial charge < -0.3 is 29.4 Å². The largest absolute Gasteiger partial charge is 0.483 e. The quantitative estimate of drug-likeness (QED) is 0.201. The summed E-state index contributed by atoms with van der Waals surface area (Å²) in [7, 11) is 0. The third kappa shape index (κ3) is 7.73. The Balaban J connectivity index is 0.00000115. The van der Waals surface area contributed by atoms with E-state index in [0.29, 0.717) is 39.3 Å². The number of amides is 1. The number of morpholine rings is 1. The molecular weight excluding hydrogens is 592 g/mol. The lowest BCUT2D eigenvalue weighted by Crippen LogP contribution is -2.42. The monoisotopic (exact) mass is 630 g/mol. The van der Waals surface area contributed by atoms with E-state index in [4.69, 9.17) is 19.4 Å². The first-order valence-electron chi connectivity index (χ1n) is 15.6. The molecule has 2 aliphatic heterocycles. The van der Waals surface area contributed by atoms with Gasteiger partial charge in [-0.25, -0.2) is 14.8 Å². The van der Waals surface area contributed by atoms with Gasteiger partial charge in [0.15, 0.2) is 5.82 Å². The van der Waals surface area contributed by atoms with E-state index in [1.54, 1.807) is 22.6 Å². The first kappa shape index (κ1) is 30.8. The Kier molecular flexibility index (Phi) is 10.1. The fraction of sp³-hybridized carbons (Fsp3) is 0.455. The lowest BCUT2D eigenvalue weighted by atomic mass is 9.89. The summed E-state index contributed by atoms with van der Waals surface area (Å²) in [6.45, 7) is 3.75. The Bertz CT molecular complexity index is 1680. The highest BCUT2D eigenvalue weighted by molar-refractivity contribution is 7.20. The van der Waals surface area contributed by atoms with Crippen molar-refractivity contribution in [3.05, 3.63) is 47.7 Å². The third-order valence-corrected chi connectivity index (χ3v) is 9.57. The molecule has 1 aliphatic carbocycles. The molecule has 0 unspecified atom stereocenters. The van der Waals surface area contributed by atoms with Crippen LogP contribution >= 0.6 is 11.3 Å². The van der Waals surface area contributed by atoms with Gasteiger partial charge in [0.25, 0.3) is 6.47 Å². The molecule has 0 radical (unpaired) electrons. The van der Waals surface area contributed by atoms with Gasteiger partial charge in [-0.05, 0) is 49.1 Å². The van der Waals surface area contributed by atoms with Crippen LogP contribution in [0.25, 0.3) is 21.1 Å². The average Bonchev–Trinajstić information content (AvgIpc) is 3.80. The van der Waals surface area contributed by atoms with Crippen molar-refractivity contribution in [2.24, 2.45) is 5.92 Å². The maximum atomic E-state index is 12.4. The molecule has 3 aromatic heterocycles. The van der Waals surface area contributed by atoms with Crippen LogP contribution in [0.15, 0.2) is 42.9 Å². The fourth-order valence-corrected chi connectivity index (χ4v) is 7.17. The number of carbonyl (C=O) groups excluding carboxylic acids is 1. The molecule has 1 aromatic carbocycles. The van der Waals surface area contributed by atoms with Crippen LogP contribution in [-0.2, 0) is 20.8 Å². The Morgan fingerprint density at radius 2 is 2.00 bits per heavy atom. The van der Waals surface area contributed by atoms with E-state index < -0.39 is 0 Å². The molecular formula is C33H38N6O5S. The van der Waals surface area contributed by atoms with E-state index >= 15 is 0 Å². The summed E-state index contributed by atoms with van der Waals surface area (Å²) in [6, 6.07) is 10.7. The van der Waals surface area contributed by atoms with Crippen LogP contribution < -0.4 is 10.6 Å². The summed E-state index contributed by atoms with van der Waals surface area (Å²) >= 11 is 1.59. The van der Waals surface area contributed by atoms with Crippen molar-refractivity contribution in [2.75, 3.05) is 38.2 Å². The van der Waals surface area contributed by atoms with Gasteiger partial charge in [-0.3, -0.25) is 10.1 Å². The van der Waals surface area contributed by atoms with Crippen LogP contribution in [0.4, 0.5) is 16.3 Å². The lowest BCUT2D eigenvalue weighted by Gasteiger charge is -2.27. The summed E-state index contributed by atoms with van der Waals surface area (Å²) in [5.41, 5.74) is 3.16. The zero-order valence-electron chi connectivity index (χ0n) is 25.1. The van der Waals surface area contributed by atoms with Crippen LogP contribution in [0.2, 0.25) is 0 Å². The summed E-state index contributed by atoms with van der Waals surface area (Å²) in [4.78, 5) is 32.4. The van der Waals surface area contributed by atoms with Gasteiger partial charge in [-0.15, -0.1) is 11.3 Å². The molecule has 1 amide bonds. The number of hydrogen-bond donors (Lipinski definition) is 3. The second-order valence-corrected chi connectivity index (χ2v) is 12.6. The number of nitrogens with one attached hydrogen (secondary N) is 2. The maximum absolute atomic E-state index is 12.4. The Labute approximate surface area is 265 Å². The fourth-order valence-electron chi connectivity index (χ4n) is 6.25. The molecule has 0 bridgehead atoms. The smallest absolute Gasteiger partial charge is 0.410 e. The molecule has 12 heteroatoms. The molecule has 3 N–H and O–H groups in total. The molecule has 1 saturated carbocycles. The second kappa shape index (κ2) is 14.7. The van der Waals surface area contributed by atoms with Crippen LogP contribution in [0.3, 0.4) is 0 Å². The molecule has 11 nitrogen and oxygen atoms in total. The number of anilines is 2. The van der Waals surface area contributed by atoms with Crippen LogP contribution in [0.5, 0.6) is 0 Å². The number of carboxylic acid groups (broad SMARTS) is 1. The van der Waals surface area contributed by atoms with E-state index in [1.165, 1.54) is 43.0 Å². The highest BCUT2D eigenvalue weighted by Crippen LogP contribution is 2.32. The Morgan fingerprint density at radius 3 is 2.82 bits per heavy atom. The predicted molar refractivity (Wildman–Crippen MR) is 174 cm³/mol. The first-order chi connectivity index (χ1) is 22.1. The average molecular weight is 631 g/mol. The van der Waals surface area contributed by atoms with Crippen molar-refractivity contribution in [2.45, 2.75) is 57.2 Å². The summed E-state index contributed by atoms with van der Waals surface area (Å²) in [5, 5.41) is 15.0. The molecule has 45 heavy (non-hydrogen) atoms. The topological polar surface area (TPSA) is 131 Å². The Morgan fingerprint density at radius 1 is 1.18 bits per heavy atom. The number of rotatable bonds is 5. The number of benzene rings is 1. The molecule has 0 spiro atoms. The molecule has 2 saturated heterocycles. The molecule has 3 fully saturated rings. The molecule has 5 heterocycles. The molecule has 2 atom stereocenters. The predicted octanol–water partition coefficient (Wildman–Crippen LogP) is 5.22. The SMILES string of the molecule is O=C(O[C@H]1CN[C@H](C#Cc2cc3ncnc(Nc4ccc5c(ccn5CC5CCCCC5)c4)c3s2)C1)N1CCOCC1.O=CO. The van der Waals surface area contributed by atoms with Gasteiger partial charge in [0.05, 0.1) is 34.3 Å². The molecule has 236 valence electrons. The van der Waals surface area contributed by atoms with Crippen LogP contribution in [0, 0.1) is 17.8 Å². The maximum Gasteiger partial charge on any atom is 0.410 e. The van der Waals surface area contributed by atoms with Gasteiger partial charge in [-0.2, -0.15) is 0 Å². The molecule has 4 aromatic rings. The normalized spacial score (nSPS) is 20.2. The zero-order valence-corrected chi connectivity index (χ0v) is 25.9. The molecule has 3 aliphatic rings. The first-order valence-corrected chi connectivity index (χ1v) is 16.4. The van der Waals surface area contributed by atoms with Gasteiger partial charge in [0, 0.05) is 55.4 Å².